The third-order valence-corrected chi connectivity index (χ3v) is 21.4. The number of rotatable bonds is 18. The van der Waals surface area contributed by atoms with Gasteiger partial charge in [-0.1, -0.05) is 114 Å². The average Bonchev–Trinajstić information content (AvgIpc) is 0.897. The normalized spacial score (nSPS) is 23.5. The Morgan fingerprint density at radius 3 is 1.68 bits per heavy atom. The molecular weight excluding hydrogens is 1510 g/mol. The number of carboxylic acid groups (broad SMARTS) is 1. The number of imidazole rings is 1. The van der Waals surface area contributed by atoms with Gasteiger partial charge in [0.2, 0.25) is 59.1 Å². The first-order valence-corrected chi connectivity index (χ1v) is 40.3. The molecule has 18 N–H and O–H groups in total. The van der Waals surface area contributed by atoms with Gasteiger partial charge in [0.1, 0.15) is 53.8 Å². The standard InChI is InChI=1S/C81H105N13O18S2/c1-8-13-60-75(107)86-59(27-28-69(102)103)66(99)35-53(32-47-19-23-56(97)24-20-47)73(105)87-61(14-9-2)76(108)94-70(46(4)96)79(111)92-65(72(82)104)43-114-42-50-16-12-15-49(31-50)41-113-30-29-68(101)93-71(81(5,6)7)80(112)91-63(33-48-21-25-57(98)26-22-48)77(109)89-62(37-55-40-83-44-85-55)67(100)38-58(45(3)95)74(106)90-64(78(110)88-60)36-54-34-51-17-10-11-18-52(51)39-84-54/h10-12,15-26,31,34,39-40,44-46,53,58-65,70-71,95-98H,8-9,13-14,27-30,32-33,35-38,41-43H2,1-7H3,(H2,82,104)(H,83,85)(H,86,107)(H,87,105)(H,88,110)(H,89,109)(H,90,106)(H,91,112)(H,92,111)(H,93,101)(H,94,108)(H,102,103)/p+1/t45-,46-,53-,58+,59+,60+,61+,62+,63+,64+,65+,70+,71-/m1/s1. The van der Waals surface area contributed by atoms with Crippen LogP contribution in [0, 0.1) is 17.3 Å². The lowest BCUT2D eigenvalue weighted by Crippen LogP contribution is -2.60. The number of carboxylic acids is 1. The summed E-state index contributed by atoms with van der Waals surface area (Å²) in [6, 6.07) is 14.5. The van der Waals surface area contributed by atoms with E-state index in [4.69, 9.17) is 5.73 Å². The highest BCUT2D eigenvalue weighted by molar-refractivity contribution is 7.98. The monoisotopic (exact) mass is 1610 g/mol. The van der Waals surface area contributed by atoms with Gasteiger partial charge in [-0.2, -0.15) is 23.5 Å². The summed E-state index contributed by atoms with van der Waals surface area (Å²) < 4.78 is 0. The maximum absolute atomic E-state index is 15.1. The van der Waals surface area contributed by atoms with Crippen molar-refractivity contribution >= 4 is 111 Å². The first-order valence-electron chi connectivity index (χ1n) is 38.0. The van der Waals surface area contributed by atoms with Crippen molar-refractivity contribution in [2.75, 3.05) is 11.5 Å². The van der Waals surface area contributed by atoms with Crippen LogP contribution in [0.15, 0.2) is 122 Å². The Morgan fingerprint density at radius 1 is 0.561 bits per heavy atom. The average molecular weight is 1610 g/mol. The number of aromatic amines is 2. The van der Waals surface area contributed by atoms with Crippen LogP contribution in [0.4, 0.5) is 0 Å². The Bertz CT molecular complexity index is 4310. The number of thioether (sulfide) groups is 2. The molecule has 3 heterocycles. The first-order chi connectivity index (χ1) is 54.2. The number of carbonyl (C=O) groups is 13. The number of aliphatic hydroxyl groups is 2. The van der Waals surface area contributed by atoms with E-state index in [0.29, 0.717) is 39.8 Å². The molecule has 0 saturated heterocycles. The van der Waals surface area contributed by atoms with Crippen LogP contribution in [0.3, 0.4) is 0 Å². The minimum atomic E-state index is -1.70. The molecule has 1 aliphatic heterocycles. The molecule has 6 aromatic rings. The number of amides is 10. The van der Waals surface area contributed by atoms with Gasteiger partial charge in [0.05, 0.1) is 43.0 Å². The summed E-state index contributed by atoms with van der Waals surface area (Å²) in [6.45, 7) is 11.0. The van der Waals surface area contributed by atoms with E-state index in [1.165, 1.54) is 98.4 Å². The fraction of sp³-hybridized carbons (Fsp3) is 0.469. The molecule has 7 rings (SSSR count). The summed E-state index contributed by atoms with van der Waals surface area (Å²) in [6.07, 6.45) is -2.13. The van der Waals surface area contributed by atoms with E-state index in [0.717, 1.165) is 21.9 Å². The van der Waals surface area contributed by atoms with Gasteiger partial charge in [0, 0.05) is 90.8 Å². The molecule has 2 aromatic heterocycles. The number of nitrogens with two attached hydrogens (primary N) is 1. The Kier molecular flexibility index (Phi) is 34.9. The molecule has 0 saturated carbocycles. The Balaban J connectivity index is 1.25. The van der Waals surface area contributed by atoms with E-state index in [2.05, 4.69) is 62.8 Å². The largest absolute Gasteiger partial charge is 0.508 e. The van der Waals surface area contributed by atoms with Crippen molar-refractivity contribution in [2.24, 2.45) is 23.0 Å². The van der Waals surface area contributed by atoms with Crippen molar-refractivity contribution < 1.29 is 92.8 Å². The zero-order valence-corrected chi connectivity index (χ0v) is 66.6. The molecule has 0 unspecified atom stereocenters. The smallest absolute Gasteiger partial charge is 0.303 e. The second-order valence-electron chi connectivity index (χ2n) is 29.8. The molecule has 33 heteroatoms. The number of pyridine rings is 1. The van der Waals surface area contributed by atoms with Gasteiger partial charge in [0.25, 0.3) is 0 Å². The van der Waals surface area contributed by atoms with Gasteiger partial charge < -0.3 is 84.1 Å². The predicted molar refractivity (Wildman–Crippen MR) is 426 cm³/mol. The molecule has 0 radical (unpaired) electrons. The molecule has 10 amide bonds. The van der Waals surface area contributed by atoms with Crippen molar-refractivity contribution in [2.45, 2.75) is 210 Å². The lowest BCUT2D eigenvalue weighted by atomic mass is 9.85. The van der Waals surface area contributed by atoms with Gasteiger partial charge in [0.15, 0.2) is 23.5 Å². The van der Waals surface area contributed by atoms with E-state index in [1.54, 1.807) is 52.9 Å². The quantitative estimate of drug-likeness (QED) is 0.0588. The van der Waals surface area contributed by atoms with Crippen LogP contribution in [0.25, 0.3) is 10.8 Å². The van der Waals surface area contributed by atoms with E-state index in [1.807, 2.05) is 42.5 Å². The molecule has 614 valence electrons. The molecule has 1 aliphatic rings. The molecular formula is C81H106N13O18S2+. The molecule has 4 aromatic carbocycles. The van der Waals surface area contributed by atoms with Gasteiger partial charge in [-0.25, -0.2) is 9.97 Å². The van der Waals surface area contributed by atoms with Crippen LogP contribution in [-0.2, 0) is 99.5 Å². The van der Waals surface area contributed by atoms with Crippen molar-refractivity contribution in [3.8, 4) is 11.5 Å². The maximum atomic E-state index is 15.1. The van der Waals surface area contributed by atoms with Gasteiger partial charge in [-0.3, -0.25) is 62.3 Å². The molecule has 2 bridgehead atoms. The Labute approximate surface area is 669 Å². The molecule has 0 spiro atoms. The number of hydrogen-bond acceptors (Lipinski definition) is 20. The SMILES string of the molecule is CCC[C@@H]1NC(=O)[C@H](Cc2ccc(O)cc2)CC(=O)[C@H](CCC(=O)O)NC(=O)[C@H](CCC)NC(=O)[C@H](Cc2cc3ccccc3c[nH+]2)NC(=O)[C@H]([C@@H](C)O)CC(=O)[C@H](Cc2cnc[nH]2)NC(=O)[C@H](Cc2ccc(O)cc2)NC(=O)[C@H](C(C)(C)C)NC(=O)CCSCc2cccc(c2)CSC[C@@H](C(N)=O)NC(=O)[C@H]([C@@H](C)O)NC1=O. The summed E-state index contributed by atoms with van der Waals surface area (Å²) >= 11 is 2.69. The van der Waals surface area contributed by atoms with Crippen molar-refractivity contribution in [3.05, 3.63) is 155 Å². The van der Waals surface area contributed by atoms with Crippen LogP contribution in [0.2, 0.25) is 0 Å². The summed E-state index contributed by atoms with van der Waals surface area (Å²) in [4.78, 5) is 197. The van der Waals surface area contributed by atoms with Crippen molar-refractivity contribution in [3.63, 3.8) is 0 Å². The van der Waals surface area contributed by atoms with Gasteiger partial charge in [-0.15, -0.1) is 0 Å². The number of fused-ring (bicyclic) bond motifs is 3. The van der Waals surface area contributed by atoms with Crippen molar-refractivity contribution in [1.82, 2.24) is 57.8 Å². The summed E-state index contributed by atoms with van der Waals surface area (Å²) in [5.74, 6) is -14.0. The second-order valence-corrected chi connectivity index (χ2v) is 31.9. The number of aromatic nitrogens is 3. The number of aliphatic carboxylic acids is 1. The van der Waals surface area contributed by atoms with E-state index in [-0.39, 0.29) is 75.0 Å². The highest BCUT2D eigenvalue weighted by Gasteiger charge is 2.41. The number of H-pyrrole nitrogens is 2. The highest BCUT2D eigenvalue weighted by Crippen LogP contribution is 2.26. The number of hydrogen-bond donors (Lipinski definition) is 16. The molecule has 31 nitrogen and oxygen atoms in total. The maximum Gasteiger partial charge on any atom is 0.303 e. The van der Waals surface area contributed by atoms with Crippen LogP contribution in [0.5, 0.6) is 11.5 Å². The first kappa shape index (κ1) is 90.4. The zero-order chi connectivity index (χ0) is 83.3. The van der Waals surface area contributed by atoms with Gasteiger partial charge >= 0.3 is 5.97 Å². The topological polar surface area (TPSA) is 500 Å². The number of aromatic hydroxyl groups is 2. The van der Waals surface area contributed by atoms with Crippen LogP contribution in [0.1, 0.15) is 140 Å². The number of phenols is 2. The fourth-order valence-electron chi connectivity index (χ4n) is 12.9. The minimum absolute atomic E-state index is 0.0309. The van der Waals surface area contributed by atoms with Crippen LogP contribution >= 0.6 is 23.5 Å². The third-order valence-electron chi connectivity index (χ3n) is 19.3. The number of primary amides is 1. The summed E-state index contributed by atoms with van der Waals surface area (Å²) in [5.41, 5.74) is 8.19. The Hall–Kier alpha value is -10.8. The number of Topliss-reactive ketones (excluding diaryl/α,β-unsaturated/α-hetero) is 2. The van der Waals surface area contributed by atoms with Crippen LogP contribution < -0.4 is 58.6 Å². The number of benzene rings is 4. The summed E-state index contributed by atoms with van der Waals surface area (Å²) in [5, 5.41) is 78.5. The number of aliphatic hydroxyl groups excluding tert-OH is 2. The van der Waals surface area contributed by atoms with E-state index < -0.39 is 186 Å². The number of phenolic OH excluding ortho intramolecular Hbond substituents is 2. The number of ketones is 2. The number of nitrogens with zero attached hydrogens (tertiary/aromatic N) is 1. The lowest BCUT2D eigenvalue weighted by molar-refractivity contribution is -0.388. The van der Waals surface area contributed by atoms with Crippen LogP contribution in [-0.4, -0.2) is 190 Å². The van der Waals surface area contributed by atoms with E-state index in [9.17, 15) is 78.3 Å². The molecule has 13 atom stereocenters. The number of nitrogens with one attached hydrogen (secondary N) is 11. The van der Waals surface area contributed by atoms with Crippen molar-refractivity contribution in [1.29, 1.82) is 0 Å². The fourth-order valence-corrected chi connectivity index (χ4v) is 14.8. The second kappa shape index (κ2) is 44.0. The number of carbonyl (C=O) groups excluding carboxylic acids is 12. The molecule has 0 aliphatic carbocycles. The molecule has 114 heavy (non-hydrogen) atoms. The minimum Gasteiger partial charge on any atom is -0.508 e. The third kappa shape index (κ3) is 28.7. The zero-order valence-electron chi connectivity index (χ0n) is 65.0. The Morgan fingerprint density at radius 2 is 1.11 bits per heavy atom. The summed E-state index contributed by atoms with van der Waals surface area (Å²) in [7, 11) is 0. The molecule has 0 fully saturated rings. The van der Waals surface area contributed by atoms with Gasteiger partial charge in [-0.05, 0) is 103 Å². The predicted octanol–water partition coefficient (Wildman–Crippen LogP) is 2.90. The van der Waals surface area contributed by atoms with E-state index >= 15 is 9.59 Å². The highest BCUT2D eigenvalue weighted by atomic mass is 32.2. The lowest BCUT2D eigenvalue weighted by Gasteiger charge is -2.32.